The Labute approximate surface area is 212 Å². The Hall–Kier alpha value is -4.00. The van der Waals surface area contributed by atoms with Crippen LogP contribution in [0.1, 0.15) is 48.2 Å². The number of hydrogen-bond acceptors (Lipinski definition) is 5. The Kier molecular flexibility index (Phi) is 9.33. The number of amides is 2. The summed E-state index contributed by atoms with van der Waals surface area (Å²) < 4.78 is 16.6. The molecule has 190 valence electrons. The quantitative estimate of drug-likeness (QED) is 0.386. The van der Waals surface area contributed by atoms with E-state index in [9.17, 15) is 9.59 Å². The lowest BCUT2D eigenvalue weighted by molar-refractivity contribution is -0.122. The largest absolute Gasteiger partial charge is 0.493 e. The molecule has 2 N–H and O–H groups in total. The van der Waals surface area contributed by atoms with Gasteiger partial charge in [0, 0.05) is 6.54 Å². The molecule has 7 nitrogen and oxygen atoms in total. The number of hydrogen-bond donors (Lipinski definition) is 2. The average molecular weight is 491 g/mol. The van der Waals surface area contributed by atoms with Gasteiger partial charge in [-0.1, -0.05) is 50.2 Å². The first kappa shape index (κ1) is 26.6. The zero-order valence-electron chi connectivity index (χ0n) is 21.5. The fourth-order valence-corrected chi connectivity index (χ4v) is 3.79. The van der Waals surface area contributed by atoms with Gasteiger partial charge < -0.3 is 24.8 Å². The second-order valence-electron chi connectivity index (χ2n) is 8.68. The molecule has 3 rings (SSSR count). The summed E-state index contributed by atoms with van der Waals surface area (Å²) in [4.78, 5) is 25.8. The molecular formula is C29H34N2O5. The summed E-state index contributed by atoms with van der Waals surface area (Å²) in [7, 11) is 3.18. The van der Waals surface area contributed by atoms with E-state index in [4.69, 9.17) is 14.2 Å². The van der Waals surface area contributed by atoms with Crippen LogP contribution in [-0.2, 0) is 11.2 Å². The maximum absolute atomic E-state index is 12.9. The molecule has 36 heavy (non-hydrogen) atoms. The van der Waals surface area contributed by atoms with Gasteiger partial charge in [-0.3, -0.25) is 9.59 Å². The third-order valence-corrected chi connectivity index (χ3v) is 5.79. The van der Waals surface area contributed by atoms with Crippen LogP contribution in [0.4, 0.5) is 5.69 Å². The highest BCUT2D eigenvalue weighted by atomic mass is 16.5. The van der Waals surface area contributed by atoms with Crippen LogP contribution in [0.15, 0.2) is 66.7 Å². The maximum atomic E-state index is 12.9. The minimum Gasteiger partial charge on any atom is -0.493 e. The van der Waals surface area contributed by atoms with E-state index in [1.165, 1.54) is 0 Å². The van der Waals surface area contributed by atoms with Gasteiger partial charge in [-0.25, -0.2) is 0 Å². The van der Waals surface area contributed by atoms with Crippen LogP contribution in [0.3, 0.4) is 0 Å². The van der Waals surface area contributed by atoms with Crippen LogP contribution in [0, 0.1) is 0 Å². The lowest BCUT2D eigenvalue weighted by Gasteiger charge is -2.19. The number of carbonyl (C=O) groups is 2. The van der Waals surface area contributed by atoms with Crippen molar-refractivity contribution in [2.45, 2.75) is 39.2 Å². The monoisotopic (exact) mass is 490 g/mol. The van der Waals surface area contributed by atoms with E-state index in [-0.39, 0.29) is 17.7 Å². The first-order valence-electron chi connectivity index (χ1n) is 12.0. The Bertz CT molecular complexity index is 1190. The number of rotatable bonds is 11. The number of ether oxygens (including phenoxy) is 3. The molecule has 2 amide bonds. The van der Waals surface area contributed by atoms with E-state index >= 15 is 0 Å². The molecule has 0 fully saturated rings. The van der Waals surface area contributed by atoms with Crippen molar-refractivity contribution in [1.29, 1.82) is 0 Å². The molecule has 0 saturated carbocycles. The molecule has 0 aliphatic heterocycles. The van der Waals surface area contributed by atoms with Gasteiger partial charge in [-0.15, -0.1) is 0 Å². The molecule has 3 aromatic carbocycles. The van der Waals surface area contributed by atoms with Crippen molar-refractivity contribution < 1.29 is 23.8 Å². The third-order valence-electron chi connectivity index (χ3n) is 5.79. The lowest BCUT2D eigenvalue weighted by atomic mass is 10.0. The van der Waals surface area contributed by atoms with Crippen LogP contribution < -0.4 is 24.8 Å². The fraction of sp³-hybridized carbons (Fsp3) is 0.310. The number of para-hydroxylation sites is 2. The molecule has 0 aromatic heterocycles. The molecule has 0 heterocycles. The van der Waals surface area contributed by atoms with Crippen LogP contribution in [-0.4, -0.2) is 38.7 Å². The van der Waals surface area contributed by atoms with Gasteiger partial charge in [0.1, 0.15) is 5.75 Å². The molecular weight excluding hydrogens is 456 g/mol. The lowest BCUT2D eigenvalue weighted by Crippen LogP contribution is -2.32. The second-order valence-corrected chi connectivity index (χ2v) is 8.68. The predicted molar refractivity (Wildman–Crippen MR) is 141 cm³/mol. The molecule has 0 bridgehead atoms. The standard InChI is InChI=1S/C29H34N2O5/c1-19(2)22-10-7-9-13-25(22)36-20(3)28(32)31-24-12-8-6-11-23(24)29(33)30-17-16-21-14-15-26(34-4)27(18-21)35-5/h6-15,18-20H,16-17H2,1-5H3,(H,30,33)(H,31,32)/t20-/m0/s1. The van der Waals surface area contributed by atoms with Gasteiger partial charge in [0.2, 0.25) is 0 Å². The molecule has 0 spiro atoms. The van der Waals surface area contributed by atoms with E-state index < -0.39 is 6.10 Å². The summed E-state index contributed by atoms with van der Waals surface area (Å²) in [5, 5.41) is 5.76. The van der Waals surface area contributed by atoms with Crippen LogP contribution in [0.2, 0.25) is 0 Å². The summed E-state index contributed by atoms with van der Waals surface area (Å²) in [5.41, 5.74) is 2.85. The maximum Gasteiger partial charge on any atom is 0.265 e. The van der Waals surface area contributed by atoms with Crippen molar-refractivity contribution in [3.8, 4) is 17.2 Å². The van der Waals surface area contributed by atoms with Crippen molar-refractivity contribution in [2.75, 3.05) is 26.1 Å². The number of benzene rings is 3. The van der Waals surface area contributed by atoms with E-state index in [0.29, 0.717) is 41.5 Å². The average Bonchev–Trinajstić information content (AvgIpc) is 2.88. The first-order valence-corrected chi connectivity index (χ1v) is 12.0. The predicted octanol–water partition coefficient (Wildman–Crippen LogP) is 5.21. The van der Waals surface area contributed by atoms with Crippen molar-refractivity contribution in [3.63, 3.8) is 0 Å². The van der Waals surface area contributed by atoms with Crippen LogP contribution in [0.5, 0.6) is 17.2 Å². The summed E-state index contributed by atoms with van der Waals surface area (Å²) in [6.07, 6.45) is -0.133. The summed E-state index contributed by atoms with van der Waals surface area (Å²) in [6.45, 7) is 6.26. The van der Waals surface area contributed by atoms with Crippen molar-refractivity contribution in [3.05, 3.63) is 83.4 Å². The van der Waals surface area contributed by atoms with Crippen LogP contribution in [0.25, 0.3) is 0 Å². The van der Waals surface area contributed by atoms with Gasteiger partial charge in [0.05, 0.1) is 25.5 Å². The van der Waals surface area contributed by atoms with E-state index in [1.807, 2.05) is 42.5 Å². The summed E-state index contributed by atoms with van der Waals surface area (Å²) >= 11 is 0. The van der Waals surface area contributed by atoms with Gasteiger partial charge in [0.15, 0.2) is 17.6 Å². The molecule has 1 atom stereocenters. The number of methoxy groups -OCH3 is 2. The van der Waals surface area contributed by atoms with E-state index in [2.05, 4.69) is 24.5 Å². The summed E-state index contributed by atoms with van der Waals surface area (Å²) in [6, 6.07) is 20.3. The molecule has 7 heteroatoms. The molecule has 3 aromatic rings. The van der Waals surface area contributed by atoms with Crippen LogP contribution >= 0.6 is 0 Å². The molecule has 0 aliphatic carbocycles. The first-order chi connectivity index (χ1) is 17.3. The summed E-state index contributed by atoms with van der Waals surface area (Å²) in [5.74, 6) is 1.63. The third kappa shape index (κ3) is 6.78. The van der Waals surface area contributed by atoms with Gasteiger partial charge in [-0.05, 0) is 60.7 Å². The molecule has 0 aliphatic rings. The number of carbonyl (C=O) groups excluding carboxylic acids is 2. The second kappa shape index (κ2) is 12.6. The van der Waals surface area contributed by atoms with E-state index in [1.54, 1.807) is 45.4 Å². The van der Waals surface area contributed by atoms with Gasteiger partial charge >= 0.3 is 0 Å². The van der Waals surface area contributed by atoms with E-state index in [0.717, 1.165) is 11.1 Å². The minimum atomic E-state index is -0.744. The molecule has 0 unspecified atom stereocenters. The van der Waals surface area contributed by atoms with Crippen molar-refractivity contribution >= 4 is 17.5 Å². The highest BCUT2D eigenvalue weighted by Gasteiger charge is 2.20. The molecule has 0 saturated heterocycles. The molecule has 0 radical (unpaired) electrons. The highest BCUT2D eigenvalue weighted by Crippen LogP contribution is 2.28. The Balaban J connectivity index is 1.62. The zero-order chi connectivity index (χ0) is 26.1. The Morgan fingerprint density at radius 2 is 1.53 bits per heavy atom. The number of nitrogens with one attached hydrogen (secondary N) is 2. The smallest absolute Gasteiger partial charge is 0.265 e. The van der Waals surface area contributed by atoms with Crippen molar-refractivity contribution in [1.82, 2.24) is 5.32 Å². The zero-order valence-corrected chi connectivity index (χ0v) is 21.5. The van der Waals surface area contributed by atoms with Gasteiger partial charge in [0.25, 0.3) is 11.8 Å². The topological polar surface area (TPSA) is 85.9 Å². The number of anilines is 1. The fourth-order valence-electron chi connectivity index (χ4n) is 3.79. The normalized spacial score (nSPS) is 11.5. The minimum absolute atomic E-state index is 0.264. The Morgan fingerprint density at radius 1 is 0.833 bits per heavy atom. The van der Waals surface area contributed by atoms with Gasteiger partial charge in [-0.2, -0.15) is 0 Å². The Morgan fingerprint density at radius 3 is 2.25 bits per heavy atom. The van der Waals surface area contributed by atoms with Crippen molar-refractivity contribution in [2.24, 2.45) is 0 Å². The highest BCUT2D eigenvalue weighted by molar-refractivity contribution is 6.04. The SMILES string of the molecule is COc1ccc(CCNC(=O)c2ccccc2NC(=O)[C@H](C)Oc2ccccc2C(C)C)cc1OC.